The van der Waals surface area contributed by atoms with E-state index in [4.69, 9.17) is 4.74 Å². The van der Waals surface area contributed by atoms with Gasteiger partial charge in [0.15, 0.2) is 11.6 Å². The van der Waals surface area contributed by atoms with Crippen LogP contribution in [-0.2, 0) is 5.41 Å². The maximum Gasteiger partial charge on any atom is 0.182 e. The highest BCUT2D eigenvalue weighted by Gasteiger charge is 2.28. The molecule has 1 N–H and O–H groups in total. The topological polar surface area (TPSA) is 29.5 Å². The number of benzene rings is 1. The fraction of sp³-hybridized carbons (Fsp3) is 0.455. The smallest absolute Gasteiger partial charge is 0.182 e. The van der Waals surface area contributed by atoms with Crippen molar-refractivity contribution in [3.05, 3.63) is 27.7 Å². The molecule has 0 radical (unpaired) electrons. The highest BCUT2D eigenvalue weighted by Crippen LogP contribution is 2.38. The van der Waals surface area contributed by atoms with Gasteiger partial charge in [-0.2, -0.15) is 0 Å². The molecule has 1 rings (SSSR count). The molecule has 0 aliphatic carbocycles. The molecular weight excluding hydrogens is 282 g/mol. The molecule has 0 amide bonds. The monoisotopic (exact) mass is 294 g/mol. The minimum atomic E-state index is -0.793. The lowest BCUT2D eigenvalue weighted by Gasteiger charge is -2.25. The van der Waals surface area contributed by atoms with Gasteiger partial charge in [-0.25, -0.2) is 8.78 Å². The number of methoxy groups -OCH3 is 1. The number of hydrogen-bond donors (Lipinski definition) is 1. The average molecular weight is 295 g/mol. The van der Waals surface area contributed by atoms with Gasteiger partial charge in [-0.15, -0.1) is 0 Å². The van der Waals surface area contributed by atoms with Gasteiger partial charge in [0.05, 0.1) is 18.2 Å². The quantitative estimate of drug-likeness (QED) is 0.869. The summed E-state index contributed by atoms with van der Waals surface area (Å²) in [6.45, 7) is 3.12. The fourth-order valence-corrected chi connectivity index (χ4v) is 1.66. The first-order chi connectivity index (χ1) is 7.35. The van der Waals surface area contributed by atoms with Gasteiger partial charge in [-0.3, -0.25) is 0 Å². The van der Waals surface area contributed by atoms with Crippen molar-refractivity contribution >= 4 is 15.9 Å². The Hall–Kier alpha value is -0.680. The summed E-state index contributed by atoms with van der Waals surface area (Å²) in [6, 6.07) is 1.17. The summed E-state index contributed by atoms with van der Waals surface area (Å²) in [7, 11) is 1.31. The minimum absolute atomic E-state index is 0.0488. The third-order valence-corrected chi connectivity index (χ3v) is 3.17. The van der Waals surface area contributed by atoms with Crippen LogP contribution in [0.25, 0.3) is 0 Å². The average Bonchev–Trinajstić information content (AvgIpc) is 2.25. The molecular formula is C11H13BrF2O2. The zero-order chi connectivity index (χ0) is 12.5. The molecule has 90 valence electrons. The van der Waals surface area contributed by atoms with Gasteiger partial charge in [0.25, 0.3) is 0 Å². The molecule has 0 bridgehead atoms. The summed E-state index contributed by atoms with van der Waals surface area (Å²) in [5.74, 6) is -1.55. The molecule has 0 aliphatic rings. The van der Waals surface area contributed by atoms with Crippen LogP contribution in [0.3, 0.4) is 0 Å². The molecule has 0 unspecified atom stereocenters. The van der Waals surface area contributed by atoms with E-state index >= 15 is 0 Å². The lowest BCUT2D eigenvalue weighted by Crippen LogP contribution is -2.23. The SMILES string of the molecule is COc1c(C(C)(C)CO)cc(F)c(Br)c1F. The van der Waals surface area contributed by atoms with Crippen molar-refractivity contribution in [2.24, 2.45) is 0 Å². The van der Waals surface area contributed by atoms with Gasteiger partial charge in [-0.1, -0.05) is 13.8 Å². The molecule has 0 saturated heterocycles. The second-order valence-corrected chi connectivity index (χ2v) is 4.90. The van der Waals surface area contributed by atoms with E-state index in [1.807, 2.05) is 0 Å². The van der Waals surface area contributed by atoms with Crippen molar-refractivity contribution in [1.29, 1.82) is 0 Å². The Morgan fingerprint density at radius 1 is 1.44 bits per heavy atom. The number of aliphatic hydroxyl groups excluding tert-OH is 1. The zero-order valence-electron chi connectivity index (χ0n) is 9.27. The predicted molar refractivity (Wildman–Crippen MR) is 60.7 cm³/mol. The number of hydrogen-bond acceptors (Lipinski definition) is 2. The molecule has 0 aliphatic heterocycles. The minimum Gasteiger partial charge on any atom is -0.493 e. The van der Waals surface area contributed by atoms with Crippen LogP contribution in [0.4, 0.5) is 8.78 Å². The second kappa shape index (κ2) is 4.67. The van der Waals surface area contributed by atoms with Crippen LogP contribution >= 0.6 is 15.9 Å². The first kappa shape index (κ1) is 13.4. The van der Waals surface area contributed by atoms with Crippen molar-refractivity contribution in [3.63, 3.8) is 0 Å². The zero-order valence-corrected chi connectivity index (χ0v) is 10.9. The molecule has 0 aromatic heterocycles. The van der Waals surface area contributed by atoms with Gasteiger partial charge in [-0.05, 0) is 22.0 Å². The Morgan fingerprint density at radius 2 is 2.00 bits per heavy atom. The van der Waals surface area contributed by atoms with Crippen molar-refractivity contribution in [1.82, 2.24) is 0 Å². The van der Waals surface area contributed by atoms with Gasteiger partial charge in [0.2, 0.25) is 0 Å². The first-order valence-corrected chi connectivity index (χ1v) is 5.47. The van der Waals surface area contributed by atoms with Crippen molar-refractivity contribution in [2.45, 2.75) is 19.3 Å². The van der Waals surface area contributed by atoms with Crippen molar-refractivity contribution in [2.75, 3.05) is 13.7 Å². The standard InChI is InChI=1S/C11H13BrF2O2/c1-11(2,5-15)6-4-7(13)8(12)9(14)10(6)16-3/h4,15H,5H2,1-3H3. The molecule has 5 heteroatoms. The summed E-state index contributed by atoms with van der Waals surface area (Å²) in [4.78, 5) is 0. The number of halogens is 3. The first-order valence-electron chi connectivity index (χ1n) is 4.68. The van der Waals surface area contributed by atoms with Crippen LogP contribution in [0.15, 0.2) is 10.5 Å². The molecule has 0 atom stereocenters. The molecule has 1 aromatic rings. The van der Waals surface area contributed by atoms with Crippen LogP contribution in [0.5, 0.6) is 5.75 Å². The van der Waals surface area contributed by atoms with E-state index in [1.165, 1.54) is 13.2 Å². The third kappa shape index (κ3) is 2.20. The van der Waals surface area contributed by atoms with Gasteiger partial charge in [0, 0.05) is 11.0 Å². The molecule has 0 heterocycles. The van der Waals surface area contributed by atoms with E-state index in [2.05, 4.69) is 15.9 Å². The maximum atomic E-state index is 13.7. The normalized spacial score (nSPS) is 11.7. The van der Waals surface area contributed by atoms with Crippen molar-refractivity contribution in [3.8, 4) is 5.75 Å². The Labute approximate surface area is 101 Å². The lowest BCUT2D eigenvalue weighted by molar-refractivity contribution is 0.213. The molecule has 0 spiro atoms. The van der Waals surface area contributed by atoms with Crippen LogP contribution < -0.4 is 4.74 Å². The van der Waals surface area contributed by atoms with E-state index in [1.54, 1.807) is 13.8 Å². The van der Waals surface area contributed by atoms with Gasteiger partial charge >= 0.3 is 0 Å². The molecule has 2 nitrogen and oxygen atoms in total. The van der Waals surface area contributed by atoms with E-state index in [0.717, 1.165) is 0 Å². The highest BCUT2D eigenvalue weighted by molar-refractivity contribution is 9.10. The van der Waals surface area contributed by atoms with Gasteiger partial charge < -0.3 is 9.84 Å². The molecule has 0 saturated carbocycles. The third-order valence-electron chi connectivity index (χ3n) is 2.45. The Morgan fingerprint density at radius 3 is 2.44 bits per heavy atom. The highest BCUT2D eigenvalue weighted by atomic mass is 79.9. The fourth-order valence-electron chi connectivity index (χ4n) is 1.37. The number of rotatable bonds is 3. The lowest BCUT2D eigenvalue weighted by atomic mass is 9.84. The summed E-state index contributed by atoms with van der Waals surface area (Å²) in [5.41, 5.74) is -0.469. The van der Waals surface area contributed by atoms with Gasteiger partial charge in [0.1, 0.15) is 5.82 Å². The van der Waals surface area contributed by atoms with Crippen LogP contribution in [0.2, 0.25) is 0 Å². The summed E-state index contributed by atoms with van der Waals surface area (Å²) in [6.07, 6.45) is 0. The van der Waals surface area contributed by atoms with Crippen LogP contribution in [0, 0.1) is 11.6 Å². The number of aliphatic hydroxyl groups is 1. The van der Waals surface area contributed by atoms with Crippen molar-refractivity contribution < 1.29 is 18.6 Å². The molecule has 16 heavy (non-hydrogen) atoms. The molecule has 0 fully saturated rings. The van der Waals surface area contributed by atoms with Crippen LogP contribution in [0.1, 0.15) is 19.4 Å². The Bertz CT molecular complexity index is 405. The second-order valence-electron chi connectivity index (χ2n) is 4.11. The summed E-state index contributed by atoms with van der Waals surface area (Å²) >= 11 is 2.80. The van der Waals surface area contributed by atoms with E-state index < -0.39 is 17.0 Å². The number of ether oxygens (including phenoxy) is 1. The predicted octanol–water partition coefficient (Wildman–Crippen LogP) is 3.01. The molecule has 1 aromatic carbocycles. The Balaban J connectivity index is 3.51. The Kier molecular flexibility index (Phi) is 3.91. The summed E-state index contributed by atoms with van der Waals surface area (Å²) in [5, 5.41) is 9.21. The summed E-state index contributed by atoms with van der Waals surface area (Å²) < 4.78 is 31.8. The largest absolute Gasteiger partial charge is 0.493 e. The van der Waals surface area contributed by atoms with Crippen LogP contribution in [-0.4, -0.2) is 18.8 Å². The van der Waals surface area contributed by atoms with E-state index in [-0.39, 0.29) is 16.8 Å². The maximum absolute atomic E-state index is 13.7. The van der Waals surface area contributed by atoms with E-state index in [9.17, 15) is 13.9 Å². The van der Waals surface area contributed by atoms with E-state index in [0.29, 0.717) is 5.56 Å².